The predicted octanol–water partition coefficient (Wildman–Crippen LogP) is 4.21. The molecule has 0 radical (unpaired) electrons. The number of H-pyrrole nitrogens is 1. The summed E-state index contributed by atoms with van der Waals surface area (Å²) in [5.74, 6) is 1.67. The summed E-state index contributed by atoms with van der Waals surface area (Å²) >= 11 is 0. The molecule has 0 saturated carbocycles. The van der Waals surface area contributed by atoms with E-state index in [0.717, 1.165) is 33.3 Å². The third kappa shape index (κ3) is 3.20. The van der Waals surface area contributed by atoms with E-state index in [4.69, 9.17) is 19.9 Å². The zero-order valence-corrected chi connectivity index (χ0v) is 16.7. The van der Waals surface area contributed by atoms with Gasteiger partial charge in [0.05, 0.1) is 27.0 Å². The maximum Gasteiger partial charge on any atom is 0.203 e. The Hall–Kier alpha value is -3.74. The number of nitrogen functional groups attached to an aromatic ring is 1. The van der Waals surface area contributed by atoms with Crippen LogP contribution in [0.5, 0.6) is 17.2 Å². The molecule has 0 spiro atoms. The van der Waals surface area contributed by atoms with Crippen LogP contribution in [0.4, 0.5) is 5.69 Å². The van der Waals surface area contributed by atoms with Crippen LogP contribution < -0.4 is 19.9 Å². The molecule has 2 heterocycles. The molecule has 0 aliphatic carbocycles. The highest BCUT2D eigenvalue weighted by atomic mass is 16.5. The molecule has 29 heavy (non-hydrogen) atoms. The van der Waals surface area contributed by atoms with Gasteiger partial charge in [0, 0.05) is 34.0 Å². The Labute approximate surface area is 168 Å². The van der Waals surface area contributed by atoms with Gasteiger partial charge in [-0.25, -0.2) is 4.98 Å². The van der Waals surface area contributed by atoms with Crippen molar-refractivity contribution in [1.82, 2.24) is 15.2 Å². The molecular weight excluding hydrogens is 368 g/mol. The summed E-state index contributed by atoms with van der Waals surface area (Å²) in [4.78, 5) is 4.51. The van der Waals surface area contributed by atoms with Crippen LogP contribution in [0, 0.1) is 6.92 Å². The summed E-state index contributed by atoms with van der Waals surface area (Å²) in [6, 6.07) is 11.7. The smallest absolute Gasteiger partial charge is 0.203 e. The lowest BCUT2D eigenvalue weighted by Crippen LogP contribution is -1.96. The minimum atomic E-state index is 0.536. The molecule has 7 heteroatoms. The largest absolute Gasteiger partial charge is 0.493 e. The van der Waals surface area contributed by atoms with Crippen LogP contribution in [0.1, 0.15) is 5.56 Å². The Morgan fingerprint density at radius 3 is 2.28 bits per heavy atom. The second-order valence-electron chi connectivity index (χ2n) is 6.70. The van der Waals surface area contributed by atoms with Gasteiger partial charge in [-0.3, -0.25) is 5.10 Å². The van der Waals surface area contributed by atoms with Gasteiger partial charge in [0.25, 0.3) is 0 Å². The van der Waals surface area contributed by atoms with E-state index in [9.17, 15) is 0 Å². The van der Waals surface area contributed by atoms with E-state index in [2.05, 4.69) is 21.2 Å². The van der Waals surface area contributed by atoms with E-state index in [1.165, 1.54) is 0 Å². The summed E-state index contributed by atoms with van der Waals surface area (Å²) < 4.78 is 16.4. The first-order chi connectivity index (χ1) is 14.0. The normalized spacial score (nSPS) is 10.9. The maximum absolute atomic E-state index is 6.20. The molecule has 4 aromatic rings. The molecule has 0 saturated heterocycles. The minimum absolute atomic E-state index is 0.536. The lowest BCUT2D eigenvalue weighted by molar-refractivity contribution is 0.324. The number of aromatic amines is 1. The molecule has 148 valence electrons. The van der Waals surface area contributed by atoms with Crippen molar-refractivity contribution >= 4 is 16.7 Å². The Kier molecular flexibility index (Phi) is 4.72. The number of hydrogen-bond acceptors (Lipinski definition) is 6. The number of pyridine rings is 1. The maximum atomic E-state index is 6.20. The lowest BCUT2D eigenvalue weighted by atomic mass is 10.0. The highest BCUT2D eigenvalue weighted by Gasteiger charge is 2.18. The van der Waals surface area contributed by atoms with E-state index in [-0.39, 0.29) is 0 Å². The number of ether oxygens (including phenoxy) is 3. The zero-order valence-electron chi connectivity index (χ0n) is 16.7. The monoisotopic (exact) mass is 390 g/mol. The Morgan fingerprint density at radius 2 is 1.62 bits per heavy atom. The first-order valence-corrected chi connectivity index (χ1v) is 9.06. The molecule has 0 unspecified atom stereocenters. The number of hydrogen-bond donors (Lipinski definition) is 2. The van der Waals surface area contributed by atoms with Crippen molar-refractivity contribution in [3.05, 3.63) is 48.2 Å². The molecule has 0 fully saturated rings. The van der Waals surface area contributed by atoms with Gasteiger partial charge in [0.1, 0.15) is 0 Å². The summed E-state index contributed by atoms with van der Waals surface area (Å²) in [7, 11) is 4.76. The first kappa shape index (κ1) is 18.6. The Balaban J connectivity index is 1.91. The molecule has 3 N–H and O–H groups in total. The number of nitrogens with two attached hydrogens (primary N) is 1. The van der Waals surface area contributed by atoms with Gasteiger partial charge in [-0.2, -0.15) is 5.10 Å². The fraction of sp³-hybridized carbons (Fsp3) is 0.182. The van der Waals surface area contributed by atoms with Gasteiger partial charge < -0.3 is 19.9 Å². The number of anilines is 1. The van der Waals surface area contributed by atoms with Gasteiger partial charge in [0.2, 0.25) is 5.75 Å². The summed E-state index contributed by atoms with van der Waals surface area (Å²) in [6.07, 6.45) is 1.78. The van der Waals surface area contributed by atoms with E-state index in [0.29, 0.717) is 28.6 Å². The molecule has 0 amide bonds. The highest BCUT2D eigenvalue weighted by molar-refractivity contribution is 5.95. The van der Waals surface area contributed by atoms with Crippen LogP contribution in [0.2, 0.25) is 0 Å². The number of aromatic nitrogens is 3. The predicted molar refractivity (Wildman–Crippen MR) is 114 cm³/mol. The van der Waals surface area contributed by atoms with Crippen LogP contribution in [0.25, 0.3) is 33.4 Å². The van der Waals surface area contributed by atoms with Gasteiger partial charge in [-0.15, -0.1) is 0 Å². The van der Waals surface area contributed by atoms with Crippen molar-refractivity contribution in [3.8, 4) is 39.6 Å². The van der Waals surface area contributed by atoms with Crippen molar-refractivity contribution in [2.45, 2.75) is 6.92 Å². The van der Waals surface area contributed by atoms with Gasteiger partial charge >= 0.3 is 0 Å². The molecule has 2 aromatic heterocycles. The van der Waals surface area contributed by atoms with E-state index in [1.807, 2.05) is 37.3 Å². The number of fused-ring (bicyclic) bond motifs is 1. The number of aryl methyl sites for hydroxylation is 1. The molecule has 7 nitrogen and oxygen atoms in total. The zero-order chi connectivity index (χ0) is 20.5. The van der Waals surface area contributed by atoms with Crippen molar-refractivity contribution in [2.24, 2.45) is 0 Å². The second kappa shape index (κ2) is 7.35. The summed E-state index contributed by atoms with van der Waals surface area (Å²) in [5.41, 5.74) is 12.2. The number of nitrogens with one attached hydrogen (secondary N) is 1. The summed E-state index contributed by atoms with van der Waals surface area (Å²) in [6.45, 7) is 2.04. The van der Waals surface area contributed by atoms with E-state index < -0.39 is 0 Å². The third-order valence-corrected chi connectivity index (χ3v) is 4.88. The van der Waals surface area contributed by atoms with Crippen LogP contribution >= 0.6 is 0 Å². The average Bonchev–Trinajstić information content (AvgIpc) is 3.17. The molecular formula is C22H22N4O3. The fourth-order valence-corrected chi connectivity index (χ4v) is 3.41. The number of nitrogens with zero attached hydrogens (tertiary/aromatic N) is 2. The van der Waals surface area contributed by atoms with Crippen LogP contribution in [0.3, 0.4) is 0 Å². The molecule has 0 atom stereocenters. The molecule has 0 aliphatic heterocycles. The third-order valence-electron chi connectivity index (χ3n) is 4.88. The lowest BCUT2D eigenvalue weighted by Gasteiger charge is -2.13. The first-order valence-electron chi connectivity index (χ1n) is 9.06. The molecule has 0 aliphatic rings. The van der Waals surface area contributed by atoms with Crippen molar-refractivity contribution in [3.63, 3.8) is 0 Å². The fourth-order valence-electron chi connectivity index (χ4n) is 3.41. The van der Waals surface area contributed by atoms with Crippen LogP contribution in [-0.4, -0.2) is 36.5 Å². The number of methoxy groups -OCH3 is 3. The van der Waals surface area contributed by atoms with Crippen LogP contribution in [0.15, 0.2) is 42.6 Å². The van der Waals surface area contributed by atoms with Crippen molar-refractivity contribution in [1.29, 1.82) is 0 Å². The van der Waals surface area contributed by atoms with E-state index in [1.54, 1.807) is 27.5 Å². The minimum Gasteiger partial charge on any atom is -0.493 e. The molecule has 2 aromatic carbocycles. The molecule has 0 bridgehead atoms. The topological polar surface area (TPSA) is 95.3 Å². The molecule has 4 rings (SSSR count). The Bertz CT molecular complexity index is 1180. The van der Waals surface area contributed by atoms with Gasteiger partial charge in [0.15, 0.2) is 17.1 Å². The highest BCUT2D eigenvalue weighted by Crippen LogP contribution is 2.42. The van der Waals surface area contributed by atoms with Crippen LogP contribution in [-0.2, 0) is 0 Å². The Morgan fingerprint density at radius 1 is 0.897 bits per heavy atom. The van der Waals surface area contributed by atoms with Gasteiger partial charge in [-0.05, 0) is 37.3 Å². The van der Waals surface area contributed by atoms with Gasteiger partial charge in [-0.1, -0.05) is 11.6 Å². The number of rotatable bonds is 5. The van der Waals surface area contributed by atoms with E-state index >= 15 is 0 Å². The average molecular weight is 390 g/mol. The quantitative estimate of drug-likeness (QED) is 0.496. The van der Waals surface area contributed by atoms with Crippen molar-refractivity contribution < 1.29 is 14.2 Å². The van der Waals surface area contributed by atoms with Crippen molar-refractivity contribution in [2.75, 3.05) is 27.1 Å². The second-order valence-corrected chi connectivity index (χ2v) is 6.70. The summed E-state index contributed by atoms with van der Waals surface area (Å²) in [5, 5.41) is 8.30. The standard InChI is InChI=1S/C22H22N4O3/c1-12-5-6-17(23)15(7-12)14-8-16-20(25-26-22(16)24-11-14)13-9-18(27-2)21(29-4)19(10-13)28-3/h5-11H,23H2,1-4H3,(H,24,25,26). The number of benzene rings is 2. The SMILES string of the molecule is COc1cc(-c2[nH]nc3ncc(-c4cc(C)ccc4N)cc23)cc(OC)c1OC.